The first-order chi connectivity index (χ1) is 13.8. The zero-order valence-corrected chi connectivity index (χ0v) is 20.5. The van der Waals surface area contributed by atoms with Crippen LogP contribution in [-0.4, -0.2) is 14.9 Å². The van der Waals surface area contributed by atoms with Crippen molar-refractivity contribution in [1.82, 2.24) is 0 Å². The Kier molecular flexibility index (Phi) is 7.11. The van der Waals surface area contributed by atoms with E-state index in [0.717, 1.165) is 31.6 Å². The lowest BCUT2D eigenvalue weighted by molar-refractivity contribution is 0.0529. The molecular weight excluding hydrogens is 372 g/mol. The lowest BCUT2D eigenvalue weighted by Crippen LogP contribution is -2.50. The van der Waals surface area contributed by atoms with Crippen molar-refractivity contribution in [2.24, 2.45) is 0 Å². The molecule has 160 valence electrons. The van der Waals surface area contributed by atoms with Crippen LogP contribution in [0, 0.1) is 0 Å². The third kappa shape index (κ3) is 4.14. The standard InChI is InChI=1S/C26H40O2Si/c1-8-9-16-27-24-15-14-21-17-25(22-12-10-11-13-23(22)26(21)24)28-29(18(2)3,19(4)5)20(6)7/h10-13,17-20,24H,8-9,14-16H2,1-7H3. The van der Waals surface area contributed by atoms with Crippen molar-refractivity contribution in [2.45, 2.75) is 96.9 Å². The highest BCUT2D eigenvalue weighted by Gasteiger charge is 2.47. The molecule has 29 heavy (non-hydrogen) atoms. The minimum atomic E-state index is -1.99. The molecular formula is C26H40O2Si. The van der Waals surface area contributed by atoms with E-state index in [0.29, 0.717) is 16.6 Å². The Morgan fingerprint density at radius 3 is 2.17 bits per heavy atom. The zero-order chi connectivity index (χ0) is 21.2. The van der Waals surface area contributed by atoms with Gasteiger partial charge >= 0.3 is 0 Å². The summed E-state index contributed by atoms with van der Waals surface area (Å²) in [6.07, 6.45) is 4.73. The number of benzene rings is 2. The highest BCUT2D eigenvalue weighted by Crippen LogP contribution is 2.47. The van der Waals surface area contributed by atoms with Gasteiger partial charge in [-0.2, -0.15) is 0 Å². The molecule has 0 heterocycles. The van der Waals surface area contributed by atoms with E-state index in [1.54, 1.807) is 0 Å². The molecule has 2 nitrogen and oxygen atoms in total. The van der Waals surface area contributed by atoms with Crippen molar-refractivity contribution in [3.05, 3.63) is 41.5 Å². The summed E-state index contributed by atoms with van der Waals surface area (Å²) in [7, 11) is -1.99. The van der Waals surface area contributed by atoms with Gasteiger partial charge in [0.05, 0.1) is 6.10 Å². The molecule has 1 atom stereocenters. The van der Waals surface area contributed by atoms with E-state index in [9.17, 15) is 0 Å². The smallest absolute Gasteiger partial charge is 0.258 e. The molecule has 0 bridgehead atoms. The number of hydrogen-bond donors (Lipinski definition) is 0. The number of ether oxygens (including phenoxy) is 1. The number of unbranched alkanes of at least 4 members (excludes halogenated alkanes) is 1. The highest BCUT2D eigenvalue weighted by atomic mass is 28.4. The number of hydrogen-bond acceptors (Lipinski definition) is 2. The zero-order valence-electron chi connectivity index (χ0n) is 19.5. The second-order valence-corrected chi connectivity index (χ2v) is 15.0. The maximum atomic E-state index is 7.16. The number of fused-ring (bicyclic) bond motifs is 3. The molecule has 2 aromatic rings. The van der Waals surface area contributed by atoms with Gasteiger partial charge in [0.2, 0.25) is 0 Å². The van der Waals surface area contributed by atoms with Crippen molar-refractivity contribution < 1.29 is 9.16 Å². The minimum absolute atomic E-state index is 0.234. The molecule has 2 aromatic carbocycles. The van der Waals surface area contributed by atoms with Gasteiger partial charge < -0.3 is 9.16 Å². The maximum absolute atomic E-state index is 7.16. The second-order valence-electron chi connectivity index (χ2n) is 9.66. The van der Waals surface area contributed by atoms with Crippen molar-refractivity contribution in [3.63, 3.8) is 0 Å². The molecule has 0 fully saturated rings. The van der Waals surface area contributed by atoms with E-state index in [1.165, 1.54) is 28.3 Å². The van der Waals surface area contributed by atoms with Crippen molar-refractivity contribution >= 4 is 19.1 Å². The lowest BCUT2D eigenvalue weighted by atomic mass is 9.99. The molecule has 0 radical (unpaired) electrons. The van der Waals surface area contributed by atoms with Gasteiger partial charge in [0.15, 0.2) is 0 Å². The molecule has 0 aromatic heterocycles. The fourth-order valence-electron chi connectivity index (χ4n) is 5.60. The maximum Gasteiger partial charge on any atom is 0.258 e. The molecule has 1 unspecified atom stereocenters. The van der Waals surface area contributed by atoms with Crippen LogP contribution in [-0.2, 0) is 11.2 Å². The van der Waals surface area contributed by atoms with Crippen LogP contribution in [0.5, 0.6) is 5.75 Å². The van der Waals surface area contributed by atoms with Gasteiger partial charge in [0.25, 0.3) is 8.32 Å². The summed E-state index contributed by atoms with van der Waals surface area (Å²) in [4.78, 5) is 0. The van der Waals surface area contributed by atoms with Gasteiger partial charge in [-0.1, -0.05) is 79.2 Å². The van der Waals surface area contributed by atoms with Gasteiger partial charge in [0, 0.05) is 12.0 Å². The Labute approximate surface area is 179 Å². The summed E-state index contributed by atoms with van der Waals surface area (Å²) < 4.78 is 13.5. The first-order valence-corrected chi connectivity index (χ1v) is 13.8. The van der Waals surface area contributed by atoms with Crippen LogP contribution in [0.2, 0.25) is 16.6 Å². The van der Waals surface area contributed by atoms with E-state index in [-0.39, 0.29) is 6.10 Å². The summed E-state index contributed by atoms with van der Waals surface area (Å²) >= 11 is 0. The quantitative estimate of drug-likeness (QED) is 0.305. The lowest BCUT2D eigenvalue weighted by Gasteiger charge is -2.42. The summed E-state index contributed by atoms with van der Waals surface area (Å²) in [6.45, 7) is 17.2. The summed E-state index contributed by atoms with van der Waals surface area (Å²) in [5.41, 5.74) is 4.55. The van der Waals surface area contributed by atoms with Crippen LogP contribution in [0.3, 0.4) is 0 Å². The molecule has 3 rings (SSSR count). The third-order valence-electron chi connectivity index (χ3n) is 6.94. The van der Waals surface area contributed by atoms with E-state index >= 15 is 0 Å². The van der Waals surface area contributed by atoms with Gasteiger partial charge in [-0.15, -0.1) is 0 Å². The molecule has 0 N–H and O–H groups in total. The minimum Gasteiger partial charge on any atom is -0.542 e. The number of aryl methyl sites for hydroxylation is 1. The second kappa shape index (κ2) is 9.22. The fraction of sp³-hybridized carbons (Fsp3) is 0.615. The first-order valence-electron chi connectivity index (χ1n) is 11.7. The molecule has 0 saturated carbocycles. The van der Waals surface area contributed by atoms with Crippen molar-refractivity contribution in [2.75, 3.05) is 6.61 Å². The molecule has 0 saturated heterocycles. The molecule has 0 amide bonds. The Morgan fingerprint density at radius 1 is 0.966 bits per heavy atom. The van der Waals surface area contributed by atoms with E-state index in [1.807, 2.05) is 0 Å². The highest BCUT2D eigenvalue weighted by molar-refractivity contribution is 6.78. The predicted octanol–water partition coefficient (Wildman–Crippen LogP) is 8.20. The molecule has 3 heteroatoms. The molecule has 0 spiro atoms. The summed E-state index contributed by atoms with van der Waals surface area (Å²) in [5.74, 6) is 1.11. The Morgan fingerprint density at radius 2 is 1.59 bits per heavy atom. The van der Waals surface area contributed by atoms with Crippen LogP contribution in [0.1, 0.15) is 85.0 Å². The normalized spacial score (nSPS) is 17.0. The summed E-state index contributed by atoms with van der Waals surface area (Å²) in [5, 5.41) is 2.59. The Balaban J connectivity index is 2.08. The number of rotatable bonds is 9. The van der Waals surface area contributed by atoms with E-state index in [2.05, 4.69) is 78.8 Å². The van der Waals surface area contributed by atoms with Gasteiger partial charge in [-0.3, -0.25) is 0 Å². The van der Waals surface area contributed by atoms with Crippen LogP contribution < -0.4 is 4.43 Å². The average Bonchev–Trinajstić information content (AvgIpc) is 3.08. The van der Waals surface area contributed by atoms with Crippen LogP contribution in [0.15, 0.2) is 30.3 Å². The fourth-order valence-corrected chi connectivity index (χ4v) is 10.9. The largest absolute Gasteiger partial charge is 0.542 e. The first kappa shape index (κ1) is 22.4. The monoisotopic (exact) mass is 412 g/mol. The summed E-state index contributed by atoms with van der Waals surface area (Å²) in [6, 6.07) is 11.2. The van der Waals surface area contributed by atoms with Crippen LogP contribution in [0.4, 0.5) is 0 Å². The van der Waals surface area contributed by atoms with Gasteiger partial charge in [0.1, 0.15) is 5.75 Å². The van der Waals surface area contributed by atoms with Gasteiger partial charge in [-0.25, -0.2) is 0 Å². The van der Waals surface area contributed by atoms with Crippen LogP contribution >= 0.6 is 0 Å². The third-order valence-corrected chi connectivity index (χ3v) is 12.9. The van der Waals surface area contributed by atoms with Crippen molar-refractivity contribution in [1.29, 1.82) is 0 Å². The van der Waals surface area contributed by atoms with E-state index in [4.69, 9.17) is 9.16 Å². The Hall–Kier alpha value is -1.32. The topological polar surface area (TPSA) is 18.5 Å². The molecule has 0 aliphatic heterocycles. The SMILES string of the molecule is CCCCOC1CCc2cc(O[Si](C(C)C)(C(C)C)C(C)C)c3ccccc3c21. The van der Waals surface area contributed by atoms with Crippen LogP contribution in [0.25, 0.3) is 10.8 Å². The van der Waals surface area contributed by atoms with E-state index < -0.39 is 8.32 Å². The Bertz CT molecular complexity index is 803. The van der Waals surface area contributed by atoms with Crippen molar-refractivity contribution in [3.8, 4) is 5.75 Å². The molecule has 1 aliphatic rings. The predicted molar refractivity (Wildman–Crippen MR) is 128 cm³/mol. The average molecular weight is 413 g/mol. The van der Waals surface area contributed by atoms with Gasteiger partial charge in [-0.05, 0) is 58.5 Å². The molecule has 1 aliphatic carbocycles.